The van der Waals surface area contributed by atoms with Gasteiger partial charge in [0.05, 0.1) is 5.52 Å². The fraction of sp³-hybridized carbons (Fsp3) is 0.176. The molecule has 0 radical (unpaired) electrons. The lowest BCUT2D eigenvalue weighted by Gasteiger charge is -2.07. The van der Waals surface area contributed by atoms with E-state index in [9.17, 15) is 0 Å². The van der Waals surface area contributed by atoms with Crippen LogP contribution in [0.1, 0.15) is 24.7 Å². The van der Waals surface area contributed by atoms with Gasteiger partial charge in [-0.2, -0.15) is 4.98 Å². The van der Waals surface area contributed by atoms with Crippen molar-refractivity contribution < 1.29 is 4.52 Å². The van der Waals surface area contributed by atoms with Crippen molar-refractivity contribution in [1.82, 2.24) is 28.9 Å². The average molecular weight is 351 g/mol. The number of halogens is 1. The third-order valence-corrected chi connectivity index (χ3v) is 4.89. The molecule has 1 saturated carbocycles. The molecule has 0 spiro atoms. The second-order valence-corrected chi connectivity index (χ2v) is 6.74. The first-order valence-electron chi connectivity index (χ1n) is 8.05. The van der Waals surface area contributed by atoms with Crippen LogP contribution in [0.25, 0.3) is 33.7 Å². The molecule has 0 unspecified atom stereocenters. The summed E-state index contributed by atoms with van der Waals surface area (Å²) in [6.45, 7) is 0. The zero-order valence-electron chi connectivity index (χ0n) is 12.9. The Balaban J connectivity index is 1.73. The van der Waals surface area contributed by atoms with Crippen molar-refractivity contribution in [3.05, 3.63) is 47.8 Å². The predicted octanol–water partition coefficient (Wildman–Crippen LogP) is 3.72. The maximum atomic E-state index is 6.21. The number of benzene rings is 1. The van der Waals surface area contributed by atoms with Crippen LogP contribution in [0, 0.1) is 0 Å². The predicted molar refractivity (Wildman–Crippen MR) is 91.7 cm³/mol. The first kappa shape index (κ1) is 13.4. The molecule has 25 heavy (non-hydrogen) atoms. The number of rotatable bonds is 2. The van der Waals surface area contributed by atoms with Gasteiger partial charge in [0.15, 0.2) is 11.3 Å². The van der Waals surface area contributed by atoms with Crippen LogP contribution in [0.15, 0.2) is 41.4 Å². The highest BCUT2D eigenvalue weighted by Crippen LogP contribution is 2.39. The van der Waals surface area contributed by atoms with E-state index in [1.54, 1.807) is 12.5 Å². The molecule has 8 heteroatoms. The van der Waals surface area contributed by atoms with E-state index in [1.807, 2.05) is 33.2 Å². The van der Waals surface area contributed by atoms with Crippen molar-refractivity contribution in [1.29, 1.82) is 0 Å². The van der Waals surface area contributed by atoms with Crippen molar-refractivity contribution >= 4 is 33.8 Å². The summed E-state index contributed by atoms with van der Waals surface area (Å²) in [6.07, 6.45) is 7.66. The summed E-state index contributed by atoms with van der Waals surface area (Å²) in [4.78, 5) is 13.6. The lowest BCUT2D eigenvalue weighted by molar-refractivity contribution is 0.380. The molecule has 1 aliphatic carbocycles. The summed E-state index contributed by atoms with van der Waals surface area (Å²) in [5, 5.41) is 5.80. The van der Waals surface area contributed by atoms with Crippen LogP contribution in [0.5, 0.6) is 0 Å². The Morgan fingerprint density at radius 2 is 2.08 bits per heavy atom. The average Bonchev–Trinajstić information content (AvgIpc) is 3.04. The van der Waals surface area contributed by atoms with Gasteiger partial charge in [0.1, 0.15) is 12.0 Å². The van der Waals surface area contributed by atoms with E-state index in [0.29, 0.717) is 28.3 Å². The molecule has 0 saturated heterocycles. The topological polar surface area (TPSA) is 73.5 Å². The fourth-order valence-electron chi connectivity index (χ4n) is 3.30. The smallest absolute Gasteiger partial charge is 0.230 e. The highest BCUT2D eigenvalue weighted by atomic mass is 35.5. The standard InChI is InChI=1S/C17H11ClN6O/c18-10-3-4-11-12(7-10)24-8-20-13(17(24)23-6-5-19-15(11)23)14-21-16(25-22-14)9-1-2-9/h3-9H,1-2H2. The van der Waals surface area contributed by atoms with Crippen molar-refractivity contribution in [3.63, 3.8) is 0 Å². The quantitative estimate of drug-likeness (QED) is 0.485. The third kappa shape index (κ3) is 1.81. The molecule has 0 N–H and O–H groups in total. The third-order valence-electron chi connectivity index (χ3n) is 4.65. The molecular weight excluding hydrogens is 340 g/mol. The number of aromatic nitrogens is 6. The lowest BCUT2D eigenvalue weighted by atomic mass is 10.2. The number of imidazole rings is 2. The number of fused-ring (bicyclic) bond motifs is 6. The lowest BCUT2D eigenvalue weighted by Crippen LogP contribution is -1.97. The van der Waals surface area contributed by atoms with Crippen LogP contribution in [0.4, 0.5) is 0 Å². The maximum absolute atomic E-state index is 6.21. The minimum Gasteiger partial charge on any atom is -0.339 e. The Hall–Kier alpha value is -2.93. The van der Waals surface area contributed by atoms with Gasteiger partial charge in [0, 0.05) is 28.7 Å². The normalized spacial score (nSPS) is 14.9. The van der Waals surface area contributed by atoms with E-state index in [4.69, 9.17) is 16.1 Å². The Morgan fingerprint density at radius 1 is 1.16 bits per heavy atom. The summed E-state index contributed by atoms with van der Waals surface area (Å²) in [7, 11) is 0. The molecule has 0 atom stereocenters. The molecule has 4 heterocycles. The minimum atomic E-state index is 0.406. The molecule has 5 aromatic rings. The highest BCUT2D eigenvalue weighted by molar-refractivity contribution is 6.31. The van der Waals surface area contributed by atoms with E-state index in [-0.39, 0.29) is 0 Å². The van der Waals surface area contributed by atoms with E-state index in [0.717, 1.165) is 35.0 Å². The van der Waals surface area contributed by atoms with E-state index in [2.05, 4.69) is 20.1 Å². The first-order chi connectivity index (χ1) is 12.3. The number of nitrogens with zero attached hydrogens (tertiary/aromatic N) is 6. The number of hydrogen-bond acceptors (Lipinski definition) is 5. The summed E-state index contributed by atoms with van der Waals surface area (Å²) >= 11 is 6.21. The molecular formula is C17H11ClN6O. The van der Waals surface area contributed by atoms with Crippen LogP contribution < -0.4 is 0 Å². The summed E-state index contributed by atoms with van der Waals surface area (Å²) in [5.74, 6) is 1.60. The highest BCUT2D eigenvalue weighted by Gasteiger charge is 2.30. The maximum Gasteiger partial charge on any atom is 0.230 e. The van der Waals surface area contributed by atoms with Gasteiger partial charge in [0.2, 0.25) is 11.7 Å². The van der Waals surface area contributed by atoms with Crippen LogP contribution in [0.2, 0.25) is 5.02 Å². The second kappa shape index (κ2) is 4.58. The van der Waals surface area contributed by atoms with Crippen molar-refractivity contribution in [2.45, 2.75) is 18.8 Å². The van der Waals surface area contributed by atoms with E-state index in [1.165, 1.54) is 0 Å². The van der Waals surface area contributed by atoms with E-state index >= 15 is 0 Å². The Labute approximate surface area is 145 Å². The van der Waals surface area contributed by atoms with Crippen LogP contribution in [0.3, 0.4) is 0 Å². The van der Waals surface area contributed by atoms with Gasteiger partial charge in [-0.1, -0.05) is 16.8 Å². The van der Waals surface area contributed by atoms with Gasteiger partial charge in [-0.05, 0) is 31.0 Å². The first-order valence-corrected chi connectivity index (χ1v) is 8.43. The SMILES string of the molecule is Clc1ccc2c(c1)n1cnc(-c3noc(C4CC4)n3)c1n1ccnc21. The molecule has 6 rings (SSSR count). The summed E-state index contributed by atoms with van der Waals surface area (Å²) < 4.78 is 9.38. The van der Waals surface area contributed by atoms with Gasteiger partial charge < -0.3 is 4.52 Å². The molecule has 1 fully saturated rings. The molecule has 0 amide bonds. The van der Waals surface area contributed by atoms with Gasteiger partial charge in [-0.3, -0.25) is 8.80 Å². The Bertz CT molecular complexity index is 1280. The van der Waals surface area contributed by atoms with Gasteiger partial charge in [0.25, 0.3) is 0 Å². The van der Waals surface area contributed by atoms with Crippen molar-refractivity contribution in [2.24, 2.45) is 0 Å². The molecule has 122 valence electrons. The van der Waals surface area contributed by atoms with Gasteiger partial charge in [-0.15, -0.1) is 0 Å². The minimum absolute atomic E-state index is 0.406. The monoisotopic (exact) mass is 350 g/mol. The molecule has 0 aliphatic heterocycles. The molecule has 1 aliphatic rings. The largest absolute Gasteiger partial charge is 0.339 e. The van der Waals surface area contributed by atoms with Gasteiger partial charge in [-0.25, -0.2) is 9.97 Å². The molecule has 4 aromatic heterocycles. The second-order valence-electron chi connectivity index (χ2n) is 6.30. The molecule has 1 aromatic carbocycles. The van der Waals surface area contributed by atoms with Crippen LogP contribution in [-0.4, -0.2) is 28.9 Å². The molecule has 7 nitrogen and oxygen atoms in total. The fourth-order valence-corrected chi connectivity index (χ4v) is 3.47. The van der Waals surface area contributed by atoms with E-state index < -0.39 is 0 Å². The van der Waals surface area contributed by atoms with Gasteiger partial charge >= 0.3 is 0 Å². The Kier molecular flexibility index (Phi) is 2.45. The van der Waals surface area contributed by atoms with Crippen LogP contribution >= 0.6 is 11.6 Å². The summed E-state index contributed by atoms with van der Waals surface area (Å²) in [6, 6.07) is 5.75. The van der Waals surface area contributed by atoms with Crippen molar-refractivity contribution in [3.8, 4) is 11.5 Å². The van der Waals surface area contributed by atoms with Crippen LogP contribution in [-0.2, 0) is 0 Å². The summed E-state index contributed by atoms with van der Waals surface area (Å²) in [5.41, 5.74) is 3.28. The zero-order valence-corrected chi connectivity index (χ0v) is 13.7. The molecule has 0 bridgehead atoms. The van der Waals surface area contributed by atoms with Crippen molar-refractivity contribution in [2.75, 3.05) is 0 Å². The number of hydrogen-bond donors (Lipinski definition) is 0. The zero-order chi connectivity index (χ0) is 16.5. The Morgan fingerprint density at radius 3 is 2.96 bits per heavy atom.